The van der Waals surface area contributed by atoms with E-state index in [1.807, 2.05) is 33.2 Å². The summed E-state index contributed by atoms with van der Waals surface area (Å²) in [7, 11) is 1.93. The predicted octanol–water partition coefficient (Wildman–Crippen LogP) is 1.08. The highest BCUT2D eigenvalue weighted by molar-refractivity contribution is 5.90. The van der Waals surface area contributed by atoms with Crippen molar-refractivity contribution in [1.82, 2.24) is 15.6 Å². The molecule has 5 heteroatoms. The Bertz CT molecular complexity index is 455. The van der Waals surface area contributed by atoms with Crippen molar-refractivity contribution < 1.29 is 4.79 Å². The van der Waals surface area contributed by atoms with E-state index in [1.54, 1.807) is 0 Å². The van der Waals surface area contributed by atoms with E-state index in [2.05, 4.69) is 33.5 Å². The molecule has 1 aliphatic rings. The van der Waals surface area contributed by atoms with E-state index in [-0.39, 0.29) is 11.9 Å². The van der Waals surface area contributed by atoms with Gasteiger partial charge in [-0.15, -0.1) is 0 Å². The summed E-state index contributed by atoms with van der Waals surface area (Å²) in [5, 5.41) is 6.08. The summed E-state index contributed by atoms with van der Waals surface area (Å²) in [6, 6.07) is 4.33. The van der Waals surface area contributed by atoms with E-state index in [4.69, 9.17) is 0 Å². The van der Waals surface area contributed by atoms with Crippen molar-refractivity contribution in [2.24, 2.45) is 0 Å². The fourth-order valence-corrected chi connectivity index (χ4v) is 2.28. The molecule has 2 N–H and O–H groups in total. The smallest absolute Gasteiger partial charge is 0.245 e. The van der Waals surface area contributed by atoms with Gasteiger partial charge in [-0.3, -0.25) is 4.79 Å². The van der Waals surface area contributed by atoms with Crippen molar-refractivity contribution in [3.8, 4) is 0 Å². The highest BCUT2D eigenvalue weighted by Crippen LogP contribution is 2.25. The lowest BCUT2D eigenvalue weighted by Gasteiger charge is -2.42. The highest BCUT2D eigenvalue weighted by Gasteiger charge is 2.38. The first-order valence-electron chi connectivity index (χ1n) is 6.66. The minimum atomic E-state index is -0.554. The number of hydrogen-bond donors (Lipinski definition) is 2. The van der Waals surface area contributed by atoms with Crippen molar-refractivity contribution in [1.29, 1.82) is 0 Å². The normalized spacial score (nSPS) is 20.0. The van der Waals surface area contributed by atoms with Gasteiger partial charge in [-0.2, -0.15) is 0 Å². The van der Waals surface area contributed by atoms with Gasteiger partial charge >= 0.3 is 0 Å². The molecule has 1 amide bonds. The van der Waals surface area contributed by atoms with Gasteiger partial charge < -0.3 is 15.5 Å². The van der Waals surface area contributed by atoms with Crippen LogP contribution in [-0.4, -0.2) is 36.6 Å². The second-order valence-corrected chi connectivity index (χ2v) is 5.43. The SMILES string of the molecule is CNC(C)c1ccc(N2CCNC(=O)C2(C)C)nc1. The molecule has 0 radical (unpaired) electrons. The first kappa shape index (κ1) is 13.8. The van der Waals surface area contributed by atoms with Gasteiger partial charge in [-0.25, -0.2) is 4.98 Å². The van der Waals surface area contributed by atoms with Crippen LogP contribution in [0.25, 0.3) is 0 Å². The maximum atomic E-state index is 11.9. The van der Waals surface area contributed by atoms with Crippen molar-refractivity contribution in [3.05, 3.63) is 23.9 Å². The number of nitrogens with zero attached hydrogens (tertiary/aromatic N) is 2. The van der Waals surface area contributed by atoms with E-state index in [0.29, 0.717) is 6.54 Å². The summed E-state index contributed by atoms with van der Waals surface area (Å²) in [4.78, 5) is 18.5. The Morgan fingerprint density at radius 3 is 2.79 bits per heavy atom. The molecule has 1 unspecified atom stereocenters. The first-order valence-corrected chi connectivity index (χ1v) is 6.66. The van der Waals surface area contributed by atoms with Gasteiger partial charge in [0.1, 0.15) is 11.4 Å². The lowest BCUT2D eigenvalue weighted by molar-refractivity contribution is -0.126. The molecule has 0 saturated carbocycles. The Kier molecular flexibility index (Phi) is 3.75. The van der Waals surface area contributed by atoms with E-state index < -0.39 is 5.54 Å². The van der Waals surface area contributed by atoms with Crippen LogP contribution in [0.3, 0.4) is 0 Å². The molecule has 1 aromatic heterocycles. The molecule has 19 heavy (non-hydrogen) atoms. The van der Waals surface area contributed by atoms with Crippen molar-refractivity contribution in [2.45, 2.75) is 32.4 Å². The molecule has 0 aliphatic carbocycles. The van der Waals surface area contributed by atoms with Gasteiger partial charge in [0.15, 0.2) is 0 Å². The number of carbonyl (C=O) groups excluding carboxylic acids is 1. The van der Waals surface area contributed by atoms with Crippen LogP contribution in [0.4, 0.5) is 5.82 Å². The number of piperazine rings is 1. The Hall–Kier alpha value is -1.62. The summed E-state index contributed by atoms with van der Waals surface area (Å²) in [6.45, 7) is 7.39. The quantitative estimate of drug-likeness (QED) is 0.856. The maximum absolute atomic E-state index is 11.9. The van der Waals surface area contributed by atoms with Gasteiger partial charge in [0.05, 0.1) is 0 Å². The van der Waals surface area contributed by atoms with Crippen LogP contribution in [0.15, 0.2) is 18.3 Å². The Balaban J connectivity index is 2.24. The minimum Gasteiger partial charge on any atom is -0.352 e. The number of nitrogens with one attached hydrogen (secondary N) is 2. The van der Waals surface area contributed by atoms with Crippen LogP contribution in [0.5, 0.6) is 0 Å². The molecule has 0 bridgehead atoms. The lowest BCUT2D eigenvalue weighted by atomic mass is 9.99. The monoisotopic (exact) mass is 262 g/mol. The Morgan fingerprint density at radius 2 is 2.21 bits per heavy atom. The summed E-state index contributed by atoms with van der Waals surface area (Å²) in [5.41, 5.74) is 0.590. The summed E-state index contributed by atoms with van der Waals surface area (Å²) < 4.78 is 0. The number of pyridine rings is 1. The van der Waals surface area contributed by atoms with E-state index in [9.17, 15) is 4.79 Å². The Morgan fingerprint density at radius 1 is 1.47 bits per heavy atom. The second kappa shape index (κ2) is 5.17. The fraction of sp³-hybridized carbons (Fsp3) is 0.571. The average molecular weight is 262 g/mol. The zero-order valence-electron chi connectivity index (χ0n) is 12.0. The first-order chi connectivity index (χ1) is 8.96. The van der Waals surface area contributed by atoms with Crippen LogP contribution in [0.1, 0.15) is 32.4 Å². The third-order valence-electron chi connectivity index (χ3n) is 3.83. The number of anilines is 1. The molecule has 1 atom stereocenters. The molecule has 1 aromatic rings. The third-order valence-corrected chi connectivity index (χ3v) is 3.83. The van der Waals surface area contributed by atoms with Gasteiger partial charge in [0, 0.05) is 25.3 Å². The molecule has 2 rings (SSSR count). The molecular formula is C14H22N4O. The molecule has 5 nitrogen and oxygen atoms in total. The highest BCUT2D eigenvalue weighted by atomic mass is 16.2. The van der Waals surface area contributed by atoms with E-state index in [1.165, 1.54) is 0 Å². The lowest BCUT2D eigenvalue weighted by Crippen LogP contribution is -2.62. The van der Waals surface area contributed by atoms with E-state index >= 15 is 0 Å². The van der Waals surface area contributed by atoms with E-state index in [0.717, 1.165) is 17.9 Å². The largest absolute Gasteiger partial charge is 0.352 e. The average Bonchev–Trinajstić information content (AvgIpc) is 2.41. The molecule has 104 valence electrons. The van der Waals surface area contributed by atoms with Gasteiger partial charge in [-0.05, 0) is 39.4 Å². The van der Waals surface area contributed by atoms with Gasteiger partial charge in [0.25, 0.3) is 0 Å². The summed E-state index contributed by atoms with van der Waals surface area (Å²) in [6.07, 6.45) is 1.87. The topological polar surface area (TPSA) is 57.3 Å². The van der Waals surface area contributed by atoms with Gasteiger partial charge in [-0.1, -0.05) is 6.07 Å². The predicted molar refractivity (Wildman–Crippen MR) is 76.1 cm³/mol. The van der Waals surface area contributed by atoms with Crippen LogP contribution in [0, 0.1) is 0 Å². The maximum Gasteiger partial charge on any atom is 0.245 e. The van der Waals surface area contributed by atoms with Crippen molar-refractivity contribution in [2.75, 3.05) is 25.0 Å². The zero-order valence-corrected chi connectivity index (χ0v) is 12.0. The number of rotatable bonds is 3. The summed E-state index contributed by atoms with van der Waals surface area (Å²) >= 11 is 0. The number of amides is 1. The van der Waals surface area contributed by atoms with Crippen LogP contribution in [0.2, 0.25) is 0 Å². The van der Waals surface area contributed by atoms with Crippen molar-refractivity contribution in [3.63, 3.8) is 0 Å². The number of hydrogen-bond acceptors (Lipinski definition) is 4. The van der Waals surface area contributed by atoms with Crippen LogP contribution in [-0.2, 0) is 4.79 Å². The van der Waals surface area contributed by atoms with Gasteiger partial charge in [0.2, 0.25) is 5.91 Å². The number of carbonyl (C=O) groups is 1. The third kappa shape index (κ3) is 2.56. The molecule has 1 fully saturated rings. The van der Waals surface area contributed by atoms with Crippen LogP contribution >= 0.6 is 0 Å². The molecule has 2 heterocycles. The molecule has 0 aromatic carbocycles. The van der Waals surface area contributed by atoms with Crippen LogP contribution < -0.4 is 15.5 Å². The Labute approximate surface area is 114 Å². The number of aromatic nitrogens is 1. The molecular weight excluding hydrogens is 240 g/mol. The molecule has 1 saturated heterocycles. The standard InChI is InChI=1S/C14H22N4O/c1-10(15-4)11-5-6-12(17-9-11)18-8-7-16-13(19)14(18,2)3/h5-6,9-10,15H,7-8H2,1-4H3,(H,16,19). The summed E-state index contributed by atoms with van der Waals surface area (Å²) in [5.74, 6) is 0.903. The second-order valence-electron chi connectivity index (χ2n) is 5.43. The van der Waals surface area contributed by atoms with Crippen molar-refractivity contribution >= 4 is 11.7 Å². The molecule has 1 aliphatic heterocycles. The fourth-order valence-electron chi connectivity index (χ4n) is 2.28. The molecule has 0 spiro atoms. The zero-order chi connectivity index (χ0) is 14.0. The minimum absolute atomic E-state index is 0.0493.